The smallest absolute Gasteiger partial charge is 0.127 e. The maximum atomic E-state index is 6.33. The Morgan fingerprint density at radius 3 is 1.08 bits per heavy atom. The van der Waals surface area contributed by atoms with E-state index in [4.69, 9.17) is 23.7 Å². The van der Waals surface area contributed by atoms with Crippen LogP contribution in [0.2, 0.25) is 0 Å². The van der Waals surface area contributed by atoms with E-state index in [2.05, 4.69) is 72.8 Å². The van der Waals surface area contributed by atoms with Crippen LogP contribution >= 0.6 is 0 Å². The average molecular weight is 523 g/mol. The minimum absolute atomic E-state index is 0.433. The molecule has 5 heteroatoms. The largest absolute Gasteiger partial charge is 0.491 e. The Labute approximate surface area is 230 Å². The molecule has 200 valence electrons. The fraction of sp³-hybridized carbons (Fsp3) is 0.235. The minimum Gasteiger partial charge on any atom is -0.491 e. The van der Waals surface area contributed by atoms with E-state index >= 15 is 0 Å². The molecule has 0 atom stereocenters. The van der Waals surface area contributed by atoms with Gasteiger partial charge in [0.2, 0.25) is 0 Å². The maximum Gasteiger partial charge on any atom is 0.127 e. The quantitative estimate of drug-likeness (QED) is 0.300. The number of ether oxygens (including phenoxy) is 5. The van der Waals surface area contributed by atoms with Crippen LogP contribution in [0.4, 0.5) is 0 Å². The predicted octanol–water partition coefficient (Wildman–Crippen LogP) is 6.52. The van der Waals surface area contributed by atoms with E-state index in [9.17, 15) is 0 Å². The highest BCUT2D eigenvalue weighted by Gasteiger charge is 2.21. The lowest BCUT2D eigenvalue weighted by molar-refractivity contribution is 0.00498. The van der Waals surface area contributed by atoms with Gasteiger partial charge >= 0.3 is 0 Å². The van der Waals surface area contributed by atoms with Gasteiger partial charge in [-0.3, -0.25) is 0 Å². The van der Waals surface area contributed by atoms with Crippen molar-refractivity contribution in [2.75, 3.05) is 52.9 Å². The van der Waals surface area contributed by atoms with Crippen molar-refractivity contribution in [1.82, 2.24) is 0 Å². The molecule has 5 nitrogen and oxygen atoms in total. The first-order valence-corrected chi connectivity index (χ1v) is 13.4. The van der Waals surface area contributed by atoms with E-state index < -0.39 is 0 Å². The van der Waals surface area contributed by atoms with Gasteiger partial charge in [-0.15, -0.1) is 0 Å². The summed E-state index contributed by atoms with van der Waals surface area (Å²) in [5, 5.41) is 0. The van der Waals surface area contributed by atoms with Crippen LogP contribution in [0.1, 0.15) is 22.3 Å². The fourth-order valence-corrected chi connectivity index (χ4v) is 4.64. The van der Waals surface area contributed by atoms with Crippen molar-refractivity contribution in [1.29, 1.82) is 0 Å². The third-order valence-electron chi connectivity index (χ3n) is 6.40. The van der Waals surface area contributed by atoms with Crippen LogP contribution in [0.15, 0.2) is 109 Å². The van der Waals surface area contributed by atoms with Crippen LogP contribution in [0.5, 0.6) is 11.5 Å². The topological polar surface area (TPSA) is 46.2 Å². The molecule has 5 rings (SSSR count). The maximum absolute atomic E-state index is 6.33. The zero-order valence-corrected chi connectivity index (χ0v) is 22.1. The van der Waals surface area contributed by atoms with Crippen molar-refractivity contribution < 1.29 is 23.7 Å². The first-order chi connectivity index (χ1) is 19.4. The van der Waals surface area contributed by atoms with Crippen LogP contribution < -0.4 is 9.47 Å². The highest BCUT2D eigenvalue weighted by atomic mass is 16.6. The van der Waals surface area contributed by atoms with Gasteiger partial charge in [-0.25, -0.2) is 0 Å². The summed E-state index contributed by atoms with van der Waals surface area (Å²) >= 11 is 0. The lowest BCUT2D eigenvalue weighted by Gasteiger charge is -2.22. The predicted molar refractivity (Wildman–Crippen MR) is 154 cm³/mol. The zero-order chi connectivity index (χ0) is 26.5. The van der Waals surface area contributed by atoms with Crippen LogP contribution in [-0.2, 0) is 14.2 Å². The second-order valence-corrected chi connectivity index (χ2v) is 9.01. The molecular formula is C34H34O5. The molecule has 1 aliphatic rings. The summed E-state index contributed by atoms with van der Waals surface area (Å²) in [6.45, 7) is 3.87. The zero-order valence-electron chi connectivity index (χ0n) is 22.1. The number of fused-ring (bicyclic) bond motifs is 2. The Morgan fingerprint density at radius 2 is 0.667 bits per heavy atom. The highest BCUT2D eigenvalue weighted by molar-refractivity contribution is 6.06. The molecule has 4 aromatic rings. The number of hydrogen-bond donors (Lipinski definition) is 0. The number of hydrogen-bond acceptors (Lipinski definition) is 5. The molecule has 0 amide bonds. The average Bonchev–Trinajstić information content (AvgIpc) is 2.99. The molecule has 0 fully saturated rings. The first-order valence-electron chi connectivity index (χ1n) is 13.4. The summed E-state index contributed by atoms with van der Waals surface area (Å²) in [5.41, 5.74) is 6.31. The summed E-state index contributed by atoms with van der Waals surface area (Å²) in [6.07, 6.45) is 0. The van der Waals surface area contributed by atoms with Crippen LogP contribution in [0, 0.1) is 0 Å². The molecule has 0 bridgehead atoms. The molecule has 0 saturated heterocycles. The van der Waals surface area contributed by atoms with Crippen molar-refractivity contribution in [3.63, 3.8) is 0 Å². The molecule has 0 spiro atoms. The Hall–Kier alpha value is -3.90. The van der Waals surface area contributed by atoms with Gasteiger partial charge in [-0.05, 0) is 23.3 Å². The molecule has 0 unspecified atom stereocenters. The van der Waals surface area contributed by atoms with E-state index in [0.717, 1.165) is 44.9 Å². The second kappa shape index (κ2) is 14.3. The molecule has 1 aliphatic heterocycles. The SMILES string of the molecule is c1ccc(/C2=C(\c3ccccc3)c3ccccc3OCCOCCOCCOCCOc3ccccc32)cc1. The Kier molecular flexibility index (Phi) is 9.79. The van der Waals surface area contributed by atoms with Crippen molar-refractivity contribution in [2.45, 2.75) is 0 Å². The molecule has 1 heterocycles. The van der Waals surface area contributed by atoms with Crippen molar-refractivity contribution in [2.24, 2.45) is 0 Å². The molecule has 0 aliphatic carbocycles. The molecule has 0 radical (unpaired) electrons. The normalized spacial score (nSPS) is 17.7. The fourth-order valence-electron chi connectivity index (χ4n) is 4.64. The van der Waals surface area contributed by atoms with E-state index in [1.165, 1.54) is 0 Å². The Balaban J connectivity index is 1.71. The van der Waals surface area contributed by atoms with Crippen molar-refractivity contribution >= 4 is 11.1 Å². The summed E-state index contributed by atoms with van der Waals surface area (Å²) in [6, 6.07) is 37.3. The van der Waals surface area contributed by atoms with Crippen molar-refractivity contribution in [3.05, 3.63) is 131 Å². The molecule has 4 aromatic carbocycles. The molecule has 0 aromatic heterocycles. The monoisotopic (exact) mass is 522 g/mol. The minimum atomic E-state index is 0.433. The van der Waals surface area contributed by atoms with Gasteiger partial charge < -0.3 is 23.7 Å². The van der Waals surface area contributed by atoms with Crippen LogP contribution in [-0.4, -0.2) is 52.9 Å². The lowest BCUT2D eigenvalue weighted by atomic mass is 9.85. The van der Waals surface area contributed by atoms with E-state index in [0.29, 0.717) is 52.9 Å². The lowest BCUT2D eigenvalue weighted by Crippen LogP contribution is -2.14. The van der Waals surface area contributed by atoms with Crippen molar-refractivity contribution in [3.8, 4) is 11.5 Å². The summed E-state index contributed by atoms with van der Waals surface area (Å²) in [7, 11) is 0. The van der Waals surface area contributed by atoms with E-state index in [-0.39, 0.29) is 0 Å². The van der Waals surface area contributed by atoms with Gasteiger partial charge in [0.05, 0.1) is 39.6 Å². The Morgan fingerprint density at radius 1 is 0.333 bits per heavy atom. The van der Waals surface area contributed by atoms with E-state index in [1.54, 1.807) is 0 Å². The first kappa shape index (κ1) is 26.7. The van der Waals surface area contributed by atoms with Gasteiger partial charge in [-0.1, -0.05) is 97.1 Å². The highest BCUT2D eigenvalue weighted by Crippen LogP contribution is 2.42. The van der Waals surface area contributed by atoms with Gasteiger partial charge in [0.25, 0.3) is 0 Å². The summed E-state index contributed by atoms with van der Waals surface area (Å²) in [4.78, 5) is 0. The third-order valence-corrected chi connectivity index (χ3v) is 6.40. The Bertz CT molecular complexity index is 1230. The second-order valence-electron chi connectivity index (χ2n) is 9.01. The standard InChI is InChI=1S/C34H34O5/c1-3-11-27(12-4-1)33-29-15-7-9-17-31(29)38-25-23-36-21-19-35-20-22-37-24-26-39-32-18-10-8-16-30(32)34(33)28-13-5-2-6-14-28/h1-18H,19-26H2/b34-33-. The summed E-state index contributed by atoms with van der Waals surface area (Å²) in [5.74, 6) is 1.60. The summed E-state index contributed by atoms with van der Waals surface area (Å²) < 4.78 is 29.7. The van der Waals surface area contributed by atoms with Crippen LogP contribution in [0.25, 0.3) is 11.1 Å². The van der Waals surface area contributed by atoms with Gasteiger partial charge in [-0.2, -0.15) is 0 Å². The third kappa shape index (κ3) is 7.15. The molecule has 0 N–H and O–H groups in total. The molecular weight excluding hydrogens is 488 g/mol. The van der Waals surface area contributed by atoms with Gasteiger partial charge in [0, 0.05) is 22.3 Å². The van der Waals surface area contributed by atoms with Gasteiger partial charge in [0.1, 0.15) is 24.7 Å². The molecule has 39 heavy (non-hydrogen) atoms. The van der Waals surface area contributed by atoms with E-state index in [1.807, 2.05) is 36.4 Å². The van der Waals surface area contributed by atoms with Gasteiger partial charge in [0.15, 0.2) is 0 Å². The molecule has 0 saturated carbocycles. The number of para-hydroxylation sites is 2. The van der Waals surface area contributed by atoms with Crippen LogP contribution in [0.3, 0.4) is 0 Å². The number of benzene rings is 4. The number of rotatable bonds is 2.